The van der Waals surface area contributed by atoms with E-state index in [9.17, 15) is 22.8 Å². The van der Waals surface area contributed by atoms with Crippen molar-refractivity contribution in [2.45, 2.75) is 36.3 Å². The van der Waals surface area contributed by atoms with Crippen LogP contribution in [0.3, 0.4) is 0 Å². The van der Waals surface area contributed by atoms with E-state index in [2.05, 4.69) is 10.4 Å². The molecule has 0 fully saturated rings. The summed E-state index contributed by atoms with van der Waals surface area (Å²) in [5, 5.41) is 7.99. The van der Waals surface area contributed by atoms with Crippen LogP contribution < -0.4 is 10.9 Å². The maximum atomic E-state index is 13.0. The lowest BCUT2D eigenvalue weighted by molar-refractivity contribution is -0.142. The van der Waals surface area contributed by atoms with Crippen molar-refractivity contribution in [2.24, 2.45) is 0 Å². The first-order chi connectivity index (χ1) is 14.8. The number of carbonyl (C=O) groups is 1. The van der Waals surface area contributed by atoms with Gasteiger partial charge in [-0.3, -0.25) is 9.59 Å². The number of halogens is 3. The zero-order chi connectivity index (χ0) is 22.2. The molecule has 6 nitrogen and oxygen atoms in total. The van der Waals surface area contributed by atoms with Crippen molar-refractivity contribution in [1.82, 2.24) is 9.78 Å². The van der Waals surface area contributed by atoms with Gasteiger partial charge in [-0.1, -0.05) is 30.0 Å². The molecule has 0 radical (unpaired) electrons. The Kier molecular flexibility index (Phi) is 5.65. The van der Waals surface area contributed by atoms with Crippen LogP contribution in [-0.4, -0.2) is 27.7 Å². The molecule has 1 N–H and O–H groups in total. The molecule has 0 saturated heterocycles. The molecule has 31 heavy (non-hydrogen) atoms. The Labute approximate surface area is 179 Å². The highest BCUT2D eigenvalue weighted by atomic mass is 32.2. The average molecular weight is 449 g/mol. The fourth-order valence-corrected chi connectivity index (χ4v) is 4.53. The molecule has 162 valence electrons. The van der Waals surface area contributed by atoms with Crippen LogP contribution in [0.1, 0.15) is 18.2 Å². The van der Waals surface area contributed by atoms with Gasteiger partial charge in [0.05, 0.1) is 41.6 Å². The summed E-state index contributed by atoms with van der Waals surface area (Å²) in [5.74, 6) is -0.453. The SMILES string of the molecule is CCOC(=O)Cc1nn(CC2Nc3cc(C(F)(F)F)ccc3S2)c(=O)c2ccccc12. The van der Waals surface area contributed by atoms with Gasteiger partial charge >= 0.3 is 12.1 Å². The minimum Gasteiger partial charge on any atom is -0.466 e. The topological polar surface area (TPSA) is 73.2 Å². The molecule has 0 spiro atoms. The second kappa shape index (κ2) is 8.26. The number of benzene rings is 2. The van der Waals surface area contributed by atoms with Gasteiger partial charge in [-0.05, 0) is 31.2 Å². The molecule has 2 aromatic carbocycles. The van der Waals surface area contributed by atoms with Crippen molar-refractivity contribution in [3.63, 3.8) is 0 Å². The second-order valence-electron chi connectivity index (χ2n) is 6.92. The summed E-state index contributed by atoms with van der Waals surface area (Å²) in [7, 11) is 0. The zero-order valence-corrected chi connectivity index (χ0v) is 17.2. The number of esters is 1. The number of alkyl halides is 3. The molecule has 1 unspecified atom stereocenters. The highest BCUT2D eigenvalue weighted by molar-refractivity contribution is 8.00. The van der Waals surface area contributed by atoms with Gasteiger partial charge in [0.15, 0.2) is 0 Å². The molecule has 0 aliphatic carbocycles. The molecule has 1 atom stereocenters. The van der Waals surface area contributed by atoms with Crippen LogP contribution in [0, 0.1) is 0 Å². The van der Waals surface area contributed by atoms with Crippen molar-refractivity contribution < 1.29 is 22.7 Å². The third kappa shape index (κ3) is 4.39. The Morgan fingerprint density at radius 2 is 1.97 bits per heavy atom. The second-order valence-corrected chi connectivity index (χ2v) is 8.17. The Morgan fingerprint density at radius 3 is 2.68 bits per heavy atom. The maximum absolute atomic E-state index is 13.0. The molecule has 0 saturated carbocycles. The number of nitrogens with one attached hydrogen (secondary N) is 1. The standard InChI is InChI=1S/C21H18F3N3O3S/c1-2-30-19(28)10-15-13-5-3-4-6-14(13)20(29)27(26-15)11-18-25-16-9-12(21(22,23)24)7-8-17(16)31-18/h3-9,18,25H,2,10-11H2,1H3. The molecule has 10 heteroatoms. The molecule has 0 amide bonds. The van der Waals surface area contributed by atoms with E-state index >= 15 is 0 Å². The van der Waals surface area contributed by atoms with Crippen LogP contribution >= 0.6 is 11.8 Å². The Morgan fingerprint density at radius 1 is 1.23 bits per heavy atom. The van der Waals surface area contributed by atoms with Crippen molar-refractivity contribution in [2.75, 3.05) is 11.9 Å². The predicted octanol–water partition coefficient (Wildman–Crippen LogP) is 4.06. The molecule has 1 aliphatic heterocycles. The largest absolute Gasteiger partial charge is 0.466 e. The normalized spacial score (nSPS) is 15.5. The maximum Gasteiger partial charge on any atom is 0.416 e. The number of aromatic nitrogens is 2. The number of thioether (sulfide) groups is 1. The summed E-state index contributed by atoms with van der Waals surface area (Å²) in [6.45, 7) is 2.05. The quantitative estimate of drug-likeness (QED) is 0.592. The molecule has 3 aromatic rings. The third-order valence-electron chi connectivity index (χ3n) is 4.79. The van der Waals surface area contributed by atoms with E-state index in [0.29, 0.717) is 27.0 Å². The van der Waals surface area contributed by atoms with Crippen molar-refractivity contribution in [3.8, 4) is 0 Å². The van der Waals surface area contributed by atoms with Gasteiger partial charge < -0.3 is 10.1 Å². The lowest BCUT2D eigenvalue weighted by Gasteiger charge is -2.14. The number of anilines is 1. The van der Waals surface area contributed by atoms with Crippen LogP contribution in [0.5, 0.6) is 0 Å². The van der Waals surface area contributed by atoms with Crippen molar-refractivity contribution >= 4 is 34.2 Å². The minimum atomic E-state index is -4.43. The lowest BCUT2D eigenvalue weighted by atomic mass is 10.1. The number of hydrogen-bond acceptors (Lipinski definition) is 6. The summed E-state index contributed by atoms with van der Waals surface area (Å²) in [6, 6.07) is 10.4. The molecule has 1 aliphatic rings. The number of nitrogens with zero attached hydrogens (tertiary/aromatic N) is 2. The van der Waals surface area contributed by atoms with E-state index in [-0.39, 0.29) is 30.5 Å². The zero-order valence-electron chi connectivity index (χ0n) is 16.4. The third-order valence-corrected chi connectivity index (χ3v) is 5.95. The molecule has 1 aromatic heterocycles. The summed E-state index contributed by atoms with van der Waals surface area (Å²) in [6.07, 6.45) is -4.52. The van der Waals surface area contributed by atoms with Crippen LogP contribution in [0.15, 0.2) is 52.2 Å². The molecule has 2 heterocycles. The average Bonchev–Trinajstić information content (AvgIpc) is 3.12. The first-order valence-electron chi connectivity index (χ1n) is 9.55. The molecule has 4 rings (SSSR count). The van der Waals surface area contributed by atoms with Gasteiger partial charge in [0.1, 0.15) is 0 Å². The number of carbonyl (C=O) groups excluding carboxylic acids is 1. The molecular formula is C21H18F3N3O3S. The van der Waals surface area contributed by atoms with Crippen molar-refractivity contribution in [1.29, 1.82) is 0 Å². The fraction of sp³-hybridized carbons (Fsp3) is 0.286. The van der Waals surface area contributed by atoms with Gasteiger partial charge in [0.2, 0.25) is 0 Å². The van der Waals surface area contributed by atoms with E-state index in [1.165, 1.54) is 22.5 Å². The van der Waals surface area contributed by atoms with Gasteiger partial charge in [-0.15, -0.1) is 0 Å². The fourth-order valence-electron chi connectivity index (χ4n) is 3.43. The van der Waals surface area contributed by atoms with Gasteiger partial charge in [-0.25, -0.2) is 4.68 Å². The van der Waals surface area contributed by atoms with E-state index in [1.807, 2.05) is 0 Å². The lowest BCUT2D eigenvalue weighted by Crippen LogP contribution is -2.31. The van der Waals surface area contributed by atoms with Crippen molar-refractivity contribution in [3.05, 3.63) is 64.1 Å². The van der Waals surface area contributed by atoms with E-state index < -0.39 is 17.7 Å². The first-order valence-corrected chi connectivity index (χ1v) is 10.4. The predicted molar refractivity (Wildman–Crippen MR) is 111 cm³/mol. The number of hydrogen-bond donors (Lipinski definition) is 1. The van der Waals surface area contributed by atoms with E-state index in [4.69, 9.17) is 4.74 Å². The number of rotatable bonds is 5. The highest BCUT2D eigenvalue weighted by Crippen LogP contribution is 2.42. The monoisotopic (exact) mass is 449 g/mol. The number of fused-ring (bicyclic) bond motifs is 2. The summed E-state index contributed by atoms with van der Waals surface area (Å²) < 4.78 is 45.2. The summed E-state index contributed by atoms with van der Waals surface area (Å²) in [5.41, 5.74) is -0.297. The van der Waals surface area contributed by atoms with Gasteiger partial charge in [-0.2, -0.15) is 18.3 Å². The Balaban J connectivity index is 1.63. The molecular weight excluding hydrogens is 431 g/mol. The smallest absolute Gasteiger partial charge is 0.416 e. The summed E-state index contributed by atoms with van der Waals surface area (Å²) in [4.78, 5) is 25.6. The van der Waals surface area contributed by atoms with Gasteiger partial charge in [0, 0.05) is 16.0 Å². The van der Waals surface area contributed by atoms with Crippen LogP contribution in [-0.2, 0) is 28.7 Å². The molecule has 0 bridgehead atoms. The van der Waals surface area contributed by atoms with Crippen LogP contribution in [0.25, 0.3) is 10.8 Å². The minimum absolute atomic E-state index is 0.0883. The van der Waals surface area contributed by atoms with E-state index in [0.717, 1.165) is 12.1 Å². The van der Waals surface area contributed by atoms with Crippen LogP contribution in [0.4, 0.5) is 18.9 Å². The Hall–Kier alpha value is -3.01. The first kappa shape index (κ1) is 21.2. The Bertz CT molecular complexity index is 1210. The summed E-state index contributed by atoms with van der Waals surface area (Å²) >= 11 is 1.32. The van der Waals surface area contributed by atoms with Crippen LogP contribution in [0.2, 0.25) is 0 Å². The highest BCUT2D eigenvalue weighted by Gasteiger charge is 2.33. The number of ether oxygens (including phenoxy) is 1. The van der Waals surface area contributed by atoms with Gasteiger partial charge in [0.25, 0.3) is 5.56 Å². The van der Waals surface area contributed by atoms with E-state index in [1.54, 1.807) is 31.2 Å².